The van der Waals surface area contributed by atoms with Crippen LogP contribution in [0.2, 0.25) is 0 Å². The van der Waals surface area contributed by atoms with E-state index in [4.69, 9.17) is 0 Å². The topological polar surface area (TPSA) is 49.3 Å². The van der Waals surface area contributed by atoms with Gasteiger partial charge in [-0.1, -0.05) is 38.5 Å². The third kappa shape index (κ3) is 4.47. The number of hydrogen-bond acceptors (Lipinski definition) is 2. The lowest BCUT2D eigenvalue weighted by Gasteiger charge is -2.16. The molecule has 1 rings (SSSR count). The summed E-state index contributed by atoms with van der Waals surface area (Å²) in [4.78, 5) is 11.8. The molecule has 0 aliphatic rings. The molecular weight excluding hydrogens is 214 g/mol. The van der Waals surface area contributed by atoms with E-state index in [1.807, 2.05) is 6.07 Å². The van der Waals surface area contributed by atoms with Gasteiger partial charge in [-0.15, -0.1) is 0 Å². The second kappa shape index (κ2) is 6.94. The van der Waals surface area contributed by atoms with E-state index in [1.54, 1.807) is 18.2 Å². The fourth-order valence-electron chi connectivity index (χ4n) is 1.84. The van der Waals surface area contributed by atoms with Gasteiger partial charge in [0, 0.05) is 11.6 Å². The van der Waals surface area contributed by atoms with E-state index >= 15 is 0 Å². The van der Waals surface area contributed by atoms with Crippen molar-refractivity contribution < 1.29 is 9.90 Å². The van der Waals surface area contributed by atoms with Gasteiger partial charge < -0.3 is 10.4 Å². The first-order valence-electron chi connectivity index (χ1n) is 6.23. The first-order valence-corrected chi connectivity index (χ1v) is 6.23. The molecule has 0 aliphatic heterocycles. The standard InChI is InChI=1S/C14H21NO2/c1-3-7-12(4-2)15-14(17)10-11-8-5-6-9-13(11)16/h5-6,8-9,12,16H,3-4,7,10H2,1-2H3,(H,15,17). The second-order valence-corrected chi connectivity index (χ2v) is 4.27. The molecule has 17 heavy (non-hydrogen) atoms. The zero-order valence-corrected chi connectivity index (χ0v) is 10.6. The van der Waals surface area contributed by atoms with E-state index in [-0.39, 0.29) is 24.1 Å². The van der Waals surface area contributed by atoms with Gasteiger partial charge in [0.25, 0.3) is 0 Å². The molecule has 0 saturated carbocycles. The molecule has 0 aliphatic carbocycles. The van der Waals surface area contributed by atoms with E-state index in [9.17, 15) is 9.90 Å². The summed E-state index contributed by atoms with van der Waals surface area (Å²) in [5.74, 6) is 0.165. The van der Waals surface area contributed by atoms with E-state index in [0.29, 0.717) is 5.56 Å². The molecule has 0 heterocycles. The molecule has 1 amide bonds. The Morgan fingerprint density at radius 2 is 2.06 bits per heavy atom. The maximum atomic E-state index is 11.8. The van der Waals surface area contributed by atoms with Crippen LogP contribution in [0.15, 0.2) is 24.3 Å². The molecule has 0 saturated heterocycles. The molecule has 0 spiro atoms. The van der Waals surface area contributed by atoms with Crippen molar-refractivity contribution in [2.45, 2.75) is 45.6 Å². The molecule has 1 atom stereocenters. The highest BCUT2D eigenvalue weighted by Crippen LogP contribution is 2.16. The number of phenols is 1. The number of amides is 1. The number of benzene rings is 1. The molecule has 0 radical (unpaired) electrons. The Balaban J connectivity index is 2.52. The normalized spacial score (nSPS) is 12.1. The van der Waals surface area contributed by atoms with Crippen molar-refractivity contribution in [1.82, 2.24) is 5.32 Å². The number of rotatable bonds is 6. The Bertz CT molecular complexity index is 363. The van der Waals surface area contributed by atoms with Crippen LogP contribution in [0.4, 0.5) is 0 Å². The molecule has 0 fully saturated rings. The van der Waals surface area contributed by atoms with Crippen LogP contribution in [-0.2, 0) is 11.2 Å². The Morgan fingerprint density at radius 1 is 1.35 bits per heavy atom. The lowest BCUT2D eigenvalue weighted by Crippen LogP contribution is -2.35. The summed E-state index contributed by atoms with van der Waals surface area (Å²) in [5.41, 5.74) is 0.677. The van der Waals surface area contributed by atoms with Gasteiger partial charge in [-0.3, -0.25) is 4.79 Å². The molecule has 0 aromatic heterocycles. The number of carbonyl (C=O) groups is 1. The van der Waals surface area contributed by atoms with E-state index in [0.717, 1.165) is 19.3 Å². The van der Waals surface area contributed by atoms with E-state index in [2.05, 4.69) is 19.2 Å². The Kier molecular flexibility index (Phi) is 5.53. The van der Waals surface area contributed by atoms with E-state index in [1.165, 1.54) is 0 Å². The van der Waals surface area contributed by atoms with Crippen LogP contribution in [0.25, 0.3) is 0 Å². The van der Waals surface area contributed by atoms with Crippen LogP contribution in [0, 0.1) is 0 Å². The van der Waals surface area contributed by atoms with Gasteiger partial charge in [0.1, 0.15) is 5.75 Å². The average Bonchev–Trinajstić information content (AvgIpc) is 2.31. The Hall–Kier alpha value is -1.51. The molecular formula is C14H21NO2. The highest BCUT2D eigenvalue weighted by atomic mass is 16.3. The van der Waals surface area contributed by atoms with Crippen LogP contribution < -0.4 is 5.32 Å². The third-order valence-electron chi connectivity index (χ3n) is 2.84. The van der Waals surface area contributed by atoms with Crippen molar-refractivity contribution >= 4 is 5.91 Å². The quantitative estimate of drug-likeness (QED) is 0.796. The molecule has 1 aromatic carbocycles. The minimum absolute atomic E-state index is 0.0215. The maximum absolute atomic E-state index is 11.8. The minimum atomic E-state index is -0.0215. The summed E-state index contributed by atoms with van der Waals surface area (Å²) in [6.07, 6.45) is 3.26. The zero-order valence-electron chi connectivity index (χ0n) is 10.6. The predicted octanol–water partition coefficient (Wildman–Crippen LogP) is 2.63. The van der Waals surface area contributed by atoms with Crippen molar-refractivity contribution in [2.24, 2.45) is 0 Å². The molecule has 2 N–H and O–H groups in total. The lowest BCUT2D eigenvalue weighted by atomic mass is 10.1. The first kappa shape index (κ1) is 13.6. The number of nitrogens with one attached hydrogen (secondary N) is 1. The lowest BCUT2D eigenvalue weighted by molar-refractivity contribution is -0.121. The minimum Gasteiger partial charge on any atom is -0.508 e. The van der Waals surface area contributed by atoms with Crippen molar-refractivity contribution in [2.75, 3.05) is 0 Å². The second-order valence-electron chi connectivity index (χ2n) is 4.27. The fraction of sp³-hybridized carbons (Fsp3) is 0.500. The summed E-state index contributed by atoms with van der Waals surface area (Å²) >= 11 is 0. The number of phenolic OH excluding ortho intramolecular Hbond substituents is 1. The Labute approximate surface area is 103 Å². The van der Waals surface area contributed by atoms with Crippen LogP contribution >= 0.6 is 0 Å². The van der Waals surface area contributed by atoms with Gasteiger partial charge in [-0.05, 0) is 18.9 Å². The summed E-state index contributed by atoms with van der Waals surface area (Å²) in [6, 6.07) is 7.20. The summed E-state index contributed by atoms with van der Waals surface area (Å²) in [5, 5.41) is 12.6. The summed E-state index contributed by atoms with van der Waals surface area (Å²) < 4.78 is 0. The first-order chi connectivity index (χ1) is 8.17. The smallest absolute Gasteiger partial charge is 0.224 e. The molecule has 1 unspecified atom stereocenters. The highest BCUT2D eigenvalue weighted by Gasteiger charge is 2.11. The van der Waals surface area contributed by atoms with Gasteiger partial charge in [0.2, 0.25) is 5.91 Å². The predicted molar refractivity (Wildman–Crippen MR) is 68.9 cm³/mol. The highest BCUT2D eigenvalue weighted by molar-refractivity contribution is 5.79. The monoisotopic (exact) mass is 235 g/mol. The molecule has 0 bridgehead atoms. The number of hydrogen-bond donors (Lipinski definition) is 2. The summed E-state index contributed by atoms with van der Waals surface area (Å²) in [6.45, 7) is 4.18. The van der Waals surface area contributed by atoms with Crippen molar-refractivity contribution in [3.63, 3.8) is 0 Å². The zero-order chi connectivity index (χ0) is 12.7. The number of carbonyl (C=O) groups excluding carboxylic acids is 1. The van der Waals surface area contributed by atoms with Gasteiger partial charge in [0.05, 0.1) is 6.42 Å². The maximum Gasteiger partial charge on any atom is 0.224 e. The average molecular weight is 235 g/mol. The molecule has 94 valence electrons. The van der Waals surface area contributed by atoms with Crippen LogP contribution in [0.1, 0.15) is 38.7 Å². The van der Waals surface area contributed by atoms with Gasteiger partial charge in [-0.2, -0.15) is 0 Å². The van der Waals surface area contributed by atoms with Crippen molar-refractivity contribution in [3.8, 4) is 5.75 Å². The van der Waals surface area contributed by atoms with E-state index < -0.39 is 0 Å². The number of aromatic hydroxyl groups is 1. The fourth-order valence-corrected chi connectivity index (χ4v) is 1.84. The van der Waals surface area contributed by atoms with Crippen molar-refractivity contribution in [3.05, 3.63) is 29.8 Å². The largest absolute Gasteiger partial charge is 0.508 e. The summed E-state index contributed by atoms with van der Waals surface area (Å²) in [7, 11) is 0. The van der Waals surface area contributed by atoms with Gasteiger partial charge in [0.15, 0.2) is 0 Å². The van der Waals surface area contributed by atoms with Crippen LogP contribution in [0.5, 0.6) is 5.75 Å². The third-order valence-corrected chi connectivity index (χ3v) is 2.84. The van der Waals surface area contributed by atoms with Gasteiger partial charge in [-0.25, -0.2) is 0 Å². The van der Waals surface area contributed by atoms with Gasteiger partial charge >= 0.3 is 0 Å². The SMILES string of the molecule is CCCC(CC)NC(=O)Cc1ccccc1O. The van der Waals surface area contributed by atoms with Crippen LogP contribution in [0.3, 0.4) is 0 Å². The number of para-hydroxylation sites is 1. The Morgan fingerprint density at radius 3 is 2.65 bits per heavy atom. The van der Waals surface area contributed by atoms with Crippen LogP contribution in [-0.4, -0.2) is 17.1 Å². The molecule has 3 heteroatoms. The molecule has 3 nitrogen and oxygen atoms in total. The van der Waals surface area contributed by atoms with Crippen molar-refractivity contribution in [1.29, 1.82) is 0 Å². The molecule has 1 aromatic rings.